The number of ether oxygens (including phenoxy) is 1. The van der Waals surface area contributed by atoms with E-state index < -0.39 is 10.0 Å². The van der Waals surface area contributed by atoms with Crippen molar-refractivity contribution >= 4 is 22.0 Å². The summed E-state index contributed by atoms with van der Waals surface area (Å²) in [6, 6.07) is 9.89. The number of sulfonamides is 1. The van der Waals surface area contributed by atoms with Crippen LogP contribution in [0.1, 0.15) is 24.8 Å². The highest BCUT2D eigenvalue weighted by molar-refractivity contribution is 7.89. The van der Waals surface area contributed by atoms with Gasteiger partial charge in [0.1, 0.15) is 0 Å². The number of carbonyl (C=O) groups excluding carboxylic acids is 1. The first-order chi connectivity index (χ1) is 16.5. The summed E-state index contributed by atoms with van der Waals surface area (Å²) in [5.41, 5.74) is 0.712. The Morgan fingerprint density at radius 2 is 1.91 bits per heavy atom. The van der Waals surface area contributed by atoms with Crippen molar-refractivity contribution < 1.29 is 26.8 Å². The quantitative estimate of drug-likeness (QED) is 0.424. The van der Waals surface area contributed by atoms with E-state index in [1.807, 2.05) is 6.92 Å². The van der Waals surface area contributed by atoms with E-state index in [0.29, 0.717) is 50.1 Å². The zero-order valence-corrected chi connectivity index (χ0v) is 19.6. The van der Waals surface area contributed by atoms with Gasteiger partial charge in [-0.3, -0.25) is 4.79 Å². The van der Waals surface area contributed by atoms with Gasteiger partial charge in [-0.25, -0.2) is 8.42 Å². The predicted octanol–water partition coefficient (Wildman–Crippen LogP) is 2.80. The van der Waals surface area contributed by atoms with Gasteiger partial charge in [0.15, 0.2) is 5.76 Å². The van der Waals surface area contributed by atoms with Gasteiger partial charge in [-0.2, -0.15) is 4.31 Å². The molecule has 0 spiro atoms. The third-order valence-electron chi connectivity index (χ3n) is 5.24. The molecule has 1 fully saturated rings. The van der Waals surface area contributed by atoms with Gasteiger partial charge in [0.05, 0.1) is 30.9 Å². The summed E-state index contributed by atoms with van der Waals surface area (Å²) in [5.74, 6) is 0.807. The number of furan rings is 1. The van der Waals surface area contributed by atoms with Crippen LogP contribution in [0.15, 0.2) is 62.5 Å². The Morgan fingerprint density at radius 3 is 2.59 bits per heavy atom. The minimum absolute atomic E-state index is 0.168. The molecule has 1 aliphatic rings. The molecule has 0 aliphatic carbocycles. The summed E-state index contributed by atoms with van der Waals surface area (Å²) >= 11 is 0. The first-order valence-corrected chi connectivity index (χ1v) is 12.4. The standard InChI is InChI=1S/C23H26N4O6S/c1-2-11-26(17-21-24-25-23(33-21)20-4-3-14-32-20)22(28)10-7-18-5-8-19(9-6-18)34(29,30)27-12-15-31-16-13-27/h3-10,14H,2,11-13,15-17H2,1H3. The number of morpholine rings is 1. The van der Waals surface area contributed by atoms with Crippen LogP contribution in [-0.4, -0.2) is 66.6 Å². The molecule has 11 heteroatoms. The summed E-state index contributed by atoms with van der Waals surface area (Å²) in [5, 5.41) is 7.96. The normalized spacial score (nSPS) is 15.1. The Morgan fingerprint density at radius 1 is 1.15 bits per heavy atom. The van der Waals surface area contributed by atoms with Crippen LogP contribution in [0, 0.1) is 0 Å². The zero-order valence-electron chi connectivity index (χ0n) is 18.8. The molecule has 4 rings (SSSR count). The lowest BCUT2D eigenvalue weighted by Crippen LogP contribution is -2.40. The average molecular weight is 487 g/mol. The zero-order chi connectivity index (χ0) is 24.0. The van der Waals surface area contributed by atoms with E-state index in [4.69, 9.17) is 13.6 Å². The minimum Gasteiger partial charge on any atom is -0.459 e. The fourth-order valence-electron chi connectivity index (χ4n) is 3.48. The molecule has 180 valence electrons. The Balaban J connectivity index is 1.40. The molecular weight excluding hydrogens is 460 g/mol. The molecule has 3 heterocycles. The first-order valence-electron chi connectivity index (χ1n) is 11.0. The van der Waals surface area contributed by atoms with E-state index in [-0.39, 0.29) is 23.2 Å². The maximum atomic E-state index is 12.8. The third-order valence-corrected chi connectivity index (χ3v) is 7.15. The molecule has 1 saturated heterocycles. The van der Waals surface area contributed by atoms with Crippen molar-refractivity contribution in [2.75, 3.05) is 32.8 Å². The number of hydrogen-bond acceptors (Lipinski definition) is 8. The van der Waals surface area contributed by atoms with Gasteiger partial charge in [-0.1, -0.05) is 19.1 Å². The number of rotatable bonds is 9. The Hall–Kier alpha value is -3.28. The van der Waals surface area contributed by atoms with Crippen molar-refractivity contribution in [1.82, 2.24) is 19.4 Å². The molecular formula is C23H26N4O6S. The molecule has 1 aliphatic heterocycles. The lowest BCUT2D eigenvalue weighted by molar-refractivity contribution is -0.126. The maximum absolute atomic E-state index is 12.8. The van der Waals surface area contributed by atoms with Crippen molar-refractivity contribution in [1.29, 1.82) is 0 Å². The van der Waals surface area contributed by atoms with Crippen molar-refractivity contribution in [3.05, 3.63) is 60.2 Å². The maximum Gasteiger partial charge on any atom is 0.283 e. The second-order valence-electron chi connectivity index (χ2n) is 7.66. The van der Waals surface area contributed by atoms with Crippen LogP contribution in [0.3, 0.4) is 0 Å². The van der Waals surface area contributed by atoms with E-state index in [1.54, 1.807) is 47.4 Å². The van der Waals surface area contributed by atoms with Crippen LogP contribution in [0.25, 0.3) is 17.7 Å². The summed E-state index contributed by atoms with van der Waals surface area (Å²) < 4.78 is 43.0. The van der Waals surface area contributed by atoms with Crippen LogP contribution in [0.4, 0.5) is 0 Å². The Kier molecular flexibility index (Phi) is 7.56. The van der Waals surface area contributed by atoms with Gasteiger partial charge in [0.25, 0.3) is 5.89 Å². The molecule has 3 aromatic rings. The molecule has 1 aromatic carbocycles. The van der Waals surface area contributed by atoms with Crippen LogP contribution in [0.5, 0.6) is 0 Å². The number of amides is 1. The van der Waals surface area contributed by atoms with E-state index in [2.05, 4.69) is 10.2 Å². The van der Waals surface area contributed by atoms with Gasteiger partial charge in [-0.05, 0) is 42.3 Å². The number of aromatic nitrogens is 2. The SMILES string of the molecule is CCCN(Cc1nnc(-c2ccco2)o1)C(=O)C=Cc1ccc(S(=O)(=O)N2CCOCC2)cc1. The van der Waals surface area contributed by atoms with Crippen LogP contribution < -0.4 is 0 Å². The van der Waals surface area contributed by atoms with Gasteiger partial charge in [0.2, 0.25) is 21.8 Å². The fourth-order valence-corrected chi connectivity index (χ4v) is 4.89. The highest BCUT2D eigenvalue weighted by Gasteiger charge is 2.26. The Bertz CT molecular complexity index is 1210. The van der Waals surface area contributed by atoms with Gasteiger partial charge >= 0.3 is 0 Å². The van der Waals surface area contributed by atoms with E-state index in [1.165, 1.54) is 16.6 Å². The van der Waals surface area contributed by atoms with Crippen molar-refractivity contribution in [3.8, 4) is 11.7 Å². The van der Waals surface area contributed by atoms with Crippen LogP contribution >= 0.6 is 0 Å². The van der Waals surface area contributed by atoms with Gasteiger partial charge in [-0.15, -0.1) is 10.2 Å². The number of hydrogen-bond donors (Lipinski definition) is 0. The van der Waals surface area contributed by atoms with E-state index >= 15 is 0 Å². The molecule has 0 N–H and O–H groups in total. The lowest BCUT2D eigenvalue weighted by Gasteiger charge is -2.26. The molecule has 1 amide bonds. The predicted molar refractivity (Wildman–Crippen MR) is 123 cm³/mol. The number of carbonyl (C=O) groups is 1. The summed E-state index contributed by atoms with van der Waals surface area (Å²) in [6.45, 7) is 4.12. The minimum atomic E-state index is -3.56. The molecule has 10 nitrogen and oxygen atoms in total. The molecule has 2 aromatic heterocycles. The molecule has 0 radical (unpaired) electrons. The monoisotopic (exact) mass is 486 g/mol. The Labute approximate surface area is 197 Å². The van der Waals surface area contributed by atoms with Crippen LogP contribution in [0.2, 0.25) is 0 Å². The lowest BCUT2D eigenvalue weighted by atomic mass is 10.2. The summed E-state index contributed by atoms with van der Waals surface area (Å²) in [4.78, 5) is 14.6. The highest BCUT2D eigenvalue weighted by Crippen LogP contribution is 2.20. The fraction of sp³-hybridized carbons (Fsp3) is 0.348. The number of nitrogens with zero attached hydrogens (tertiary/aromatic N) is 4. The van der Waals surface area contributed by atoms with E-state index in [0.717, 1.165) is 6.42 Å². The molecule has 34 heavy (non-hydrogen) atoms. The van der Waals surface area contributed by atoms with Gasteiger partial charge < -0.3 is 18.5 Å². The highest BCUT2D eigenvalue weighted by atomic mass is 32.2. The molecule has 0 saturated carbocycles. The second kappa shape index (κ2) is 10.8. The first kappa shape index (κ1) is 23.9. The molecule has 0 bridgehead atoms. The van der Waals surface area contributed by atoms with Crippen LogP contribution in [-0.2, 0) is 26.1 Å². The second-order valence-corrected chi connectivity index (χ2v) is 9.59. The topological polar surface area (TPSA) is 119 Å². The third kappa shape index (κ3) is 5.61. The van der Waals surface area contributed by atoms with Crippen molar-refractivity contribution in [2.24, 2.45) is 0 Å². The summed E-state index contributed by atoms with van der Waals surface area (Å²) in [6.07, 6.45) is 5.37. The van der Waals surface area contributed by atoms with E-state index in [9.17, 15) is 13.2 Å². The average Bonchev–Trinajstić information content (AvgIpc) is 3.55. The van der Waals surface area contributed by atoms with Crippen molar-refractivity contribution in [3.63, 3.8) is 0 Å². The summed E-state index contributed by atoms with van der Waals surface area (Å²) in [7, 11) is -3.56. The molecule has 0 atom stereocenters. The smallest absolute Gasteiger partial charge is 0.283 e. The number of benzene rings is 1. The largest absolute Gasteiger partial charge is 0.459 e. The van der Waals surface area contributed by atoms with Gasteiger partial charge in [0, 0.05) is 25.7 Å². The van der Waals surface area contributed by atoms with Crippen molar-refractivity contribution in [2.45, 2.75) is 24.8 Å². The molecule has 0 unspecified atom stereocenters.